The van der Waals surface area contributed by atoms with Gasteiger partial charge < -0.3 is 29.0 Å². The zero-order chi connectivity index (χ0) is 48.0. The highest BCUT2D eigenvalue weighted by molar-refractivity contribution is 8.76. The van der Waals surface area contributed by atoms with Crippen LogP contribution in [0.3, 0.4) is 0 Å². The first-order valence-electron chi connectivity index (χ1n) is 23.2. The predicted molar refractivity (Wildman–Crippen MR) is 274 cm³/mol. The van der Waals surface area contributed by atoms with Crippen LogP contribution in [0.5, 0.6) is 28.7 Å². The van der Waals surface area contributed by atoms with Gasteiger partial charge in [0.15, 0.2) is 23.0 Å². The summed E-state index contributed by atoms with van der Waals surface area (Å²) in [6, 6.07) is 34.0. The number of para-hydroxylation sites is 2. The first-order chi connectivity index (χ1) is 34.3. The lowest BCUT2D eigenvalue weighted by Gasteiger charge is -2.22. The summed E-state index contributed by atoms with van der Waals surface area (Å²) in [7, 11) is 6.34. The van der Waals surface area contributed by atoms with Crippen molar-refractivity contribution in [3.8, 4) is 28.7 Å². The number of ether oxygens (including phenoxy) is 5. The molecule has 0 fully saturated rings. The molecule has 4 aliphatic heterocycles. The first kappa shape index (κ1) is 46.4. The number of anilines is 2. The van der Waals surface area contributed by atoms with Crippen LogP contribution in [0.25, 0.3) is 0 Å². The van der Waals surface area contributed by atoms with Crippen molar-refractivity contribution in [1.29, 1.82) is 0 Å². The highest BCUT2D eigenvalue weighted by Crippen LogP contribution is 2.43. The number of hydrogen-bond acceptors (Lipinski definition) is 13. The van der Waals surface area contributed by atoms with Crippen molar-refractivity contribution in [3.05, 3.63) is 149 Å². The molecule has 16 heteroatoms. The molecule has 0 bridgehead atoms. The Labute approximate surface area is 413 Å². The summed E-state index contributed by atoms with van der Waals surface area (Å²) < 4.78 is 30.8. The Morgan fingerprint density at radius 2 is 1.24 bits per heavy atom. The average Bonchev–Trinajstić information content (AvgIpc) is 3.88. The van der Waals surface area contributed by atoms with Gasteiger partial charge in [-0.15, -0.1) is 0 Å². The van der Waals surface area contributed by atoms with Crippen molar-refractivity contribution in [2.75, 3.05) is 42.9 Å². The van der Waals surface area contributed by atoms with Gasteiger partial charge in [-0.3, -0.25) is 34.2 Å². The number of rotatable bonds is 19. The van der Waals surface area contributed by atoms with Gasteiger partial charge in [-0.05, 0) is 100 Å². The second-order valence-corrected chi connectivity index (χ2v) is 19.5. The number of hydrogen-bond donors (Lipinski definition) is 1. The fraction of sp³-hybridized carbons (Fsp3) is 0.259. The van der Waals surface area contributed by atoms with E-state index in [-0.39, 0.29) is 43.0 Å². The largest absolute Gasteiger partial charge is 0.494 e. The normalized spacial score (nSPS) is 16.0. The minimum absolute atomic E-state index is 0.00461. The molecule has 10 rings (SSSR count). The van der Waals surface area contributed by atoms with E-state index in [9.17, 15) is 14.4 Å². The zero-order valence-electron chi connectivity index (χ0n) is 38.7. The van der Waals surface area contributed by atoms with Crippen LogP contribution in [0, 0.1) is 0 Å². The van der Waals surface area contributed by atoms with Crippen LogP contribution >= 0.6 is 21.6 Å². The molecule has 6 aromatic rings. The van der Waals surface area contributed by atoms with Crippen LogP contribution in [-0.2, 0) is 30.8 Å². The highest BCUT2D eigenvalue weighted by Gasteiger charge is 2.38. The Morgan fingerprint density at radius 3 is 1.80 bits per heavy atom. The van der Waals surface area contributed by atoms with Crippen LogP contribution in [0.2, 0.25) is 0 Å². The molecule has 0 saturated heterocycles. The van der Waals surface area contributed by atoms with Gasteiger partial charge in [-0.25, -0.2) is 4.98 Å². The van der Waals surface area contributed by atoms with Gasteiger partial charge in [-0.2, -0.15) is 0 Å². The molecule has 4 aliphatic rings. The topological polar surface area (TPSA) is 153 Å². The van der Waals surface area contributed by atoms with Crippen LogP contribution in [0.1, 0.15) is 62.2 Å². The van der Waals surface area contributed by atoms with E-state index in [0.29, 0.717) is 96.5 Å². The van der Waals surface area contributed by atoms with Crippen molar-refractivity contribution < 1.29 is 38.1 Å². The monoisotopic (exact) mass is 974 g/mol. The van der Waals surface area contributed by atoms with Crippen LogP contribution in [0.4, 0.5) is 22.7 Å². The van der Waals surface area contributed by atoms with E-state index in [4.69, 9.17) is 33.7 Å². The molecule has 0 saturated carbocycles. The Kier molecular flexibility index (Phi) is 14.0. The molecule has 5 heterocycles. The average molecular weight is 975 g/mol. The van der Waals surface area contributed by atoms with Gasteiger partial charge in [0, 0.05) is 73.7 Å². The number of methoxy groups -OCH3 is 2. The molecule has 70 heavy (non-hydrogen) atoms. The lowest BCUT2D eigenvalue weighted by Crippen LogP contribution is -2.37. The number of carbonyl (C=O) groups is 3. The second-order valence-electron chi connectivity index (χ2n) is 17.0. The van der Waals surface area contributed by atoms with Gasteiger partial charge >= 0.3 is 0 Å². The Hall–Kier alpha value is -7.30. The number of aromatic nitrogens is 1. The number of benzene rings is 5. The molecule has 14 nitrogen and oxygen atoms in total. The summed E-state index contributed by atoms with van der Waals surface area (Å²) in [5.41, 5.74) is 7.40. The second kappa shape index (κ2) is 21.1. The van der Waals surface area contributed by atoms with Crippen LogP contribution < -0.4 is 38.8 Å². The van der Waals surface area contributed by atoms with Gasteiger partial charge in [-0.1, -0.05) is 53.3 Å². The third-order valence-corrected chi connectivity index (χ3v) is 14.7. The summed E-state index contributed by atoms with van der Waals surface area (Å²) in [6.45, 7) is 1.21. The summed E-state index contributed by atoms with van der Waals surface area (Å²) in [4.78, 5) is 58.1. The third-order valence-electron chi connectivity index (χ3n) is 12.4. The predicted octanol–water partition coefficient (Wildman–Crippen LogP) is 9.94. The van der Waals surface area contributed by atoms with E-state index in [0.717, 1.165) is 44.4 Å². The number of carbonyl (C=O) groups excluding carboxylic acids is 3. The molecular weight excluding hydrogens is 925 g/mol. The Bertz CT molecular complexity index is 2840. The van der Waals surface area contributed by atoms with Gasteiger partial charge in [0.1, 0.15) is 24.0 Å². The maximum atomic E-state index is 14.0. The molecule has 0 unspecified atom stereocenters. The molecule has 5 aromatic carbocycles. The van der Waals surface area contributed by atoms with Crippen molar-refractivity contribution in [2.45, 2.75) is 62.4 Å². The zero-order valence-corrected chi connectivity index (χ0v) is 40.3. The SMILES string of the molecule is COc1cc2c(cc1OCc1cc(COc3cc4c(cc3OC)C(=O)N3c5ccccc5C[C@H]3C=N4)cc(OCCCCC(=O)NCCSSc3ccccn3)c1)N=C[C@@H]1Cc3ccccc3N1C2=O. The number of pyridine rings is 1. The number of nitrogens with zero attached hydrogens (tertiary/aromatic N) is 5. The lowest BCUT2D eigenvalue weighted by molar-refractivity contribution is -0.121. The maximum Gasteiger partial charge on any atom is 0.261 e. The molecule has 0 aliphatic carbocycles. The summed E-state index contributed by atoms with van der Waals surface area (Å²) in [5.74, 6) is 2.73. The standard InChI is InChI=1S/C54H50N6O8S2/c1-64-47-26-41-43(57-30-38-24-36-11-3-5-13-45(36)59(38)53(41)62)28-49(47)67-32-34-21-35(23-40(22-34)66-19-10-8-15-51(61)55-18-20-69-70-52-16-7-9-17-56-52)33-68-50-29-44-42(27-48(50)65-2)54(63)60-39(31-58-44)25-37-12-4-6-14-46(37)60/h3-7,9,11-14,16-17,21-23,26-31,38-39H,8,10,15,18-20,24-25,32-33H2,1-2H3,(H,55,61)/t38-,39-/m0/s1. The van der Waals surface area contributed by atoms with Gasteiger partial charge in [0.2, 0.25) is 5.91 Å². The van der Waals surface area contributed by atoms with E-state index in [1.807, 2.05) is 97.4 Å². The van der Waals surface area contributed by atoms with Gasteiger partial charge in [0.25, 0.3) is 11.8 Å². The molecule has 356 valence electrons. The lowest BCUT2D eigenvalue weighted by atomic mass is 10.1. The van der Waals surface area contributed by atoms with E-state index in [1.165, 1.54) is 0 Å². The van der Waals surface area contributed by atoms with E-state index in [1.54, 1.807) is 76.1 Å². The molecular formula is C54H50N6O8S2. The smallest absolute Gasteiger partial charge is 0.261 e. The molecule has 1 N–H and O–H groups in total. The van der Waals surface area contributed by atoms with E-state index >= 15 is 0 Å². The Balaban J connectivity index is 0.830. The van der Waals surface area contributed by atoms with Crippen molar-refractivity contribution in [3.63, 3.8) is 0 Å². The minimum atomic E-state index is -0.193. The van der Waals surface area contributed by atoms with Crippen LogP contribution in [0.15, 0.2) is 130 Å². The van der Waals surface area contributed by atoms with Crippen LogP contribution in [-0.4, -0.2) is 80.3 Å². The fourth-order valence-electron chi connectivity index (χ4n) is 9.07. The first-order valence-corrected chi connectivity index (χ1v) is 25.5. The van der Waals surface area contributed by atoms with Crippen molar-refractivity contribution in [2.24, 2.45) is 9.98 Å². The minimum Gasteiger partial charge on any atom is -0.494 e. The summed E-state index contributed by atoms with van der Waals surface area (Å²) in [6.07, 6.45) is 8.51. The number of fused-ring (bicyclic) bond motifs is 8. The quantitative estimate of drug-likeness (QED) is 0.0610. The van der Waals surface area contributed by atoms with Crippen molar-refractivity contribution >= 4 is 74.5 Å². The summed E-state index contributed by atoms with van der Waals surface area (Å²) in [5, 5.41) is 3.94. The molecule has 3 amide bonds. The highest BCUT2D eigenvalue weighted by atomic mass is 33.1. The molecule has 0 spiro atoms. The number of amides is 3. The Morgan fingerprint density at radius 1 is 0.671 bits per heavy atom. The fourth-order valence-corrected chi connectivity index (χ4v) is 10.9. The number of nitrogens with one attached hydrogen (secondary N) is 1. The number of unbranched alkanes of at least 4 members (excludes halogenated alkanes) is 1. The third kappa shape index (κ3) is 10.1. The van der Waals surface area contributed by atoms with E-state index < -0.39 is 0 Å². The maximum absolute atomic E-state index is 14.0. The molecule has 2 atom stereocenters. The van der Waals surface area contributed by atoms with E-state index in [2.05, 4.69) is 10.3 Å². The molecule has 1 aromatic heterocycles. The molecule has 0 radical (unpaired) electrons. The summed E-state index contributed by atoms with van der Waals surface area (Å²) >= 11 is 0. The number of aliphatic imine (C=N–C) groups is 2. The van der Waals surface area contributed by atoms with Gasteiger partial charge in [0.05, 0.1) is 55.4 Å². The van der Waals surface area contributed by atoms with Crippen molar-refractivity contribution in [1.82, 2.24) is 10.3 Å².